The van der Waals surface area contributed by atoms with Gasteiger partial charge >= 0.3 is 65.3 Å². The standard InChI is InChI=1S/Co.Fe.O.Sm.Sr.2H/q;;;;+2;2*-1. The zero-order valence-corrected chi connectivity index (χ0v) is 10.5. The van der Waals surface area contributed by atoms with Crippen LogP contribution >= 0.6 is 0 Å². The van der Waals surface area contributed by atoms with Crippen molar-refractivity contribution in [3.63, 3.8) is 0 Å². The van der Waals surface area contributed by atoms with E-state index in [2.05, 4.69) is 0 Å². The molecule has 0 fully saturated rings. The summed E-state index contributed by atoms with van der Waals surface area (Å²) in [5.74, 6) is 0. The quantitative estimate of drug-likeness (QED) is 0.536. The molecule has 0 saturated heterocycles. The van der Waals surface area contributed by atoms with Crippen LogP contribution in [0.3, 0.4) is 0 Å². The fourth-order valence-electron chi connectivity index (χ4n) is 0. The Hall–Kier alpha value is 3.64. The molecule has 0 aliphatic heterocycles. The summed E-state index contributed by atoms with van der Waals surface area (Å²) in [7, 11) is 0. The molecule has 0 atom stereocenters. The first-order valence-electron chi connectivity index (χ1n) is 0.144. The minimum Gasteiger partial charge on any atom is 0 e. The Bertz CT molecular complexity index is 17.7. The zero-order valence-electron chi connectivity index (χ0n) is 4.21. The van der Waals surface area contributed by atoms with Crippen molar-refractivity contribution >= 4 is 45.5 Å². The molecule has 0 aliphatic rings. The van der Waals surface area contributed by atoms with E-state index < -0.39 is 0 Å². The van der Waals surface area contributed by atoms with Gasteiger partial charge in [-0.3, -0.25) is 0 Å². The minimum atomic E-state index is 0. The second-order valence-corrected chi connectivity index (χ2v) is 0. The van der Waals surface area contributed by atoms with Crippen molar-refractivity contribution < 1.29 is 79.8 Å². The average Bonchev–Trinajstić information content (AvgIpc) is 1.00. The summed E-state index contributed by atoms with van der Waals surface area (Å²) in [6.45, 7) is 0. The van der Waals surface area contributed by atoms with E-state index in [1.165, 1.54) is 0 Å². The molecule has 33 valence electrons. The van der Waals surface area contributed by atoms with Crippen molar-refractivity contribution in [2.24, 2.45) is 0 Å². The van der Waals surface area contributed by atoms with E-state index in [9.17, 15) is 0 Å². The molecule has 0 saturated carbocycles. The first-order chi connectivity index (χ1) is 1.00. The summed E-state index contributed by atoms with van der Waals surface area (Å²) < 4.78 is 8.00. The Morgan fingerprint density at radius 3 is 1.40 bits per heavy atom. The molecule has 0 heterocycles. The van der Waals surface area contributed by atoms with Crippen LogP contribution in [0.1, 0.15) is 2.85 Å². The first kappa shape index (κ1) is 23.4. The molecule has 0 amide bonds. The normalized spacial score (nSPS) is 1.00. The fourth-order valence-corrected chi connectivity index (χ4v) is 0. The van der Waals surface area contributed by atoms with Crippen LogP contribution in [0.4, 0.5) is 0 Å². The van der Waals surface area contributed by atoms with Gasteiger partial charge in [-0.15, -0.1) is 0 Å². The third kappa shape index (κ3) is 18.3. The second kappa shape index (κ2) is 25.4. The van der Waals surface area contributed by atoms with Crippen molar-refractivity contribution in [1.82, 2.24) is 0 Å². The Kier molecular flexibility index (Phi) is 119. The molecule has 0 N–H and O–H groups in total. The van der Waals surface area contributed by atoms with E-state index in [0.717, 1.165) is 0 Å². The summed E-state index contributed by atoms with van der Waals surface area (Å²) in [5, 5.41) is 0. The predicted octanol–water partition coefficient (Wildman–Crippen LogP) is -0.280. The summed E-state index contributed by atoms with van der Waals surface area (Å²) in [4.78, 5) is 0. The summed E-state index contributed by atoms with van der Waals surface area (Å²) >= 11 is 2.00. The van der Waals surface area contributed by atoms with Crippen molar-refractivity contribution in [1.29, 1.82) is 0 Å². The van der Waals surface area contributed by atoms with E-state index in [1.807, 2.05) is 15.9 Å². The molecule has 1 nitrogen and oxygen atoms in total. The molecule has 0 bridgehead atoms. The predicted molar refractivity (Wildman–Crippen MR) is 8.66 cm³/mol. The van der Waals surface area contributed by atoms with Gasteiger partial charge < -0.3 is 2.85 Å². The van der Waals surface area contributed by atoms with Crippen LogP contribution in [0.15, 0.2) is 0 Å². The van der Waals surface area contributed by atoms with Crippen LogP contribution in [0, 0.1) is 40.4 Å². The smallest absolute Gasteiger partial charge is 0 e. The number of hydrogen-bond donors (Lipinski definition) is 0. The molecule has 0 aliphatic carbocycles. The Morgan fingerprint density at radius 2 is 1.40 bits per heavy atom. The monoisotopic (exact) mass is 373 g/mol. The molecule has 5 heteroatoms. The van der Waals surface area contributed by atoms with Crippen molar-refractivity contribution in [2.45, 2.75) is 0 Å². The SMILES string of the molecule is [Co].[H-].[H-].[O]=[Fe].[Sm].[Sr+2]. The van der Waals surface area contributed by atoms with Gasteiger partial charge in [0, 0.05) is 57.2 Å². The molecule has 0 aromatic heterocycles. The van der Waals surface area contributed by atoms with E-state index >= 15 is 0 Å². The first-order valence-corrected chi connectivity index (χ1v) is 0.595. The molecule has 0 spiro atoms. The zero-order chi connectivity index (χ0) is 2.00. The molecule has 0 aromatic rings. The maximum Gasteiger partial charge on any atom is 2.00 e. The van der Waals surface area contributed by atoms with Gasteiger partial charge in [0.15, 0.2) is 0 Å². The van der Waals surface area contributed by atoms with E-state index in [4.69, 9.17) is 3.83 Å². The molecule has 5 heavy (non-hydrogen) atoms. The van der Waals surface area contributed by atoms with Crippen molar-refractivity contribution in [3.8, 4) is 0 Å². The Labute approximate surface area is 122 Å². The van der Waals surface area contributed by atoms with Crippen LogP contribution in [0.2, 0.25) is 0 Å². The molecular formula is H2CoFeOSmSr. The largest absolute Gasteiger partial charge is 2.00 e. The number of rotatable bonds is 0. The van der Waals surface area contributed by atoms with Gasteiger partial charge in [-0.05, 0) is 0 Å². The van der Waals surface area contributed by atoms with Gasteiger partial charge in [0.05, 0.1) is 0 Å². The summed E-state index contributed by atoms with van der Waals surface area (Å²) in [6, 6.07) is 0. The van der Waals surface area contributed by atoms with Crippen molar-refractivity contribution in [2.75, 3.05) is 0 Å². The van der Waals surface area contributed by atoms with Gasteiger partial charge in [0.1, 0.15) is 0 Å². The van der Waals surface area contributed by atoms with Crippen LogP contribution in [0.25, 0.3) is 0 Å². The average molecular weight is 371 g/mol. The maximum absolute atomic E-state index is 8.00. The van der Waals surface area contributed by atoms with Crippen LogP contribution in [-0.4, -0.2) is 45.5 Å². The van der Waals surface area contributed by atoms with Gasteiger partial charge in [-0.25, -0.2) is 0 Å². The Balaban J connectivity index is -0.000000000500. The maximum atomic E-state index is 8.00. The minimum absolute atomic E-state index is 0. The molecule has 0 rings (SSSR count). The third-order valence-corrected chi connectivity index (χ3v) is 0. The fraction of sp³-hybridized carbons (Fsp3) is 0. The molecule has 1 radical (unpaired) electrons. The van der Waals surface area contributed by atoms with Gasteiger partial charge in [-0.2, -0.15) is 0 Å². The summed E-state index contributed by atoms with van der Waals surface area (Å²) in [5.41, 5.74) is 0. The topological polar surface area (TPSA) is 17.1 Å². The van der Waals surface area contributed by atoms with Crippen LogP contribution < -0.4 is 0 Å². The van der Waals surface area contributed by atoms with E-state index in [1.54, 1.807) is 0 Å². The van der Waals surface area contributed by atoms with E-state index in [-0.39, 0.29) is 106 Å². The summed E-state index contributed by atoms with van der Waals surface area (Å²) in [6.07, 6.45) is 0. The number of hydrogen-bond acceptors (Lipinski definition) is 1. The molecule has 0 aromatic carbocycles. The van der Waals surface area contributed by atoms with Crippen molar-refractivity contribution in [3.05, 3.63) is 0 Å². The molecule has 0 unspecified atom stereocenters. The van der Waals surface area contributed by atoms with E-state index in [0.29, 0.717) is 0 Å². The van der Waals surface area contributed by atoms with Crippen LogP contribution in [0.5, 0.6) is 0 Å². The third-order valence-electron chi connectivity index (χ3n) is 0. The Morgan fingerprint density at radius 1 is 1.40 bits per heavy atom. The van der Waals surface area contributed by atoms with Gasteiger partial charge in [-0.1, -0.05) is 0 Å². The second-order valence-electron chi connectivity index (χ2n) is 0. The van der Waals surface area contributed by atoms with Gasteiger partial charge in [0.25, 0.3) is 0 Å². The van der Waals surface area contributed by atoms with Gasteiger partial charge in [0.2, 0.25) is 0 Å². The van der Waals surface area contributed by atoms with Crippen LogP contribution in [-0.2, 0) is 36.6 Å². The molecular weight excluding hydrogens is 369 g/mol.